The Morgan fingerprint density at radius 3 is 2.60 bits per heavy atom. The summed E-state index contributed by atoms with van der Waals surface area (Å²) in [7, 11) is 1.80. The third-order valence-corrected chi connectivity index (χ3v) is 4.32. The van der Waals surface area contributed by atoms with Crippen molar-refractivity contribution in [2.45, 2.75) is 58.4 Å². The molecule has 0 saturated heterocycles. The number of carboxylic acids is 1. The Balaban J connectivity index is 2.03. The molecule has 1 aromatic rings. The number of hydrogen-bond acceptors (Lipinski definition) is 3. The Kier molecular flexibility index (Phi) is 4.68. The van der Waals surface area contributed by atoms with E-state index in [0.717, 1.165) is 18.8 Å². The molecule has 112 valence electrons. The van der Waals surface area contributed by atoms with Crippen LogP contribution in [0.3, 0.4) is 0 Å². The van der Waals surface area contributed by atoms with Crippen LogP contribution < -0.4 is 5.32 Å². The van der Waals surface area contributed by atoms with Crippen molar-refractivity contribution in [1.29, 1.82) is 0 Å². The van der Waals surface area contributed by atoms with E-state index in [1.165, 1.54) is 25.7 Å². The molecule has 1 aliphatic carbocycles. The highest BCUT2D eigenvalue weighted by Gasteiger charge is 2.25. The number of anilines is 1. The summed E-state index contributed by atoms with van der Waals surface area (Å²) in [5.74, 6) is 0.594. The van der Waals surface area contributed by atoms with Gasteiger partial charge in [-0.25, -0.2) is 4.79 Å². The molecule has 0 spiro atoms. The van der Waals surface area contributed by atoms with Crippen LogP contribution >= 0.6 is 0 Å². The van der Waals surface area contributed by atoms with E-state index >= 15 is 0 Å². The van der Waals surface area contributed by atoms with Gasteiger partial charge in [-0.15, -0.1) is 0 Å². The Morgan fingerprint density at radius 1 is 1.40 bits per heavy atom. The summed E-state index contributed by atoms with van der Waals surface area (Å²) in [6, 6.07) is 0.371. The lowest BCUT2D eigenvalue weighted by Gasteiger charge is -2.29. The van der Waals surface area contributed by atoms with Gasteiger partial charge in [0.1, 0.15) is 11.4 Å². The van der Waals surface area contributed by atoms with E-state index in [0.29, 0.717) is 23.1 Å². The molecule has 0 aromatic carbocycles. The normalized spacial score (nSPS) is 22.8. The summed E-state index contributed by atoms with van der Waals surface area (Å²) >= 11 is 0. The van der Waals surface area contributed by atoms with Crippen LogP contribution in [0.2, 0.25) is 0 Å². The highest BCUT2D eigenvalue weighted by atomic mass is 16.4. The maximum Gasteiger partial charge on any atom is 0.341 e. The predicted octanol–water partition coefficient (Wildman–Crippen LogP) is 3.20. The SMILES string of the molecule is CCCC1CCC(Nc2c(C(=O)O)c(C)nn2C)CC1. The molecule has 20 heavy (non-hydrogen) atoms. The summed E-state index contributed by atoms with van der Waals surface area (Å²) in [6.07, 6.45) is 7.29. The molecule has 0 radical (unpaired) electrons. The zero-order valence-corrected chi connectivity index (χ0v) is 12.6. The van der Waals surface area contributed by atoms with E-state index in [9.17, 15) is 9.90 Å². The molecule has 1 saturated carbocycles. The van der Waals surface area contributed by atoms with Crippen molar-refractivity contribution in [1.82, 2.24) is 9.78 Å². The fourth-order valence-corrected chi connectivity index (χ4v) is 3.28. The molecule has 1 aliphatic rings. The minimum absolute atomic E-state index is 0.309. The van der Waals surface area contributed by atoms with Crippen molar-refractivity contribution >= 4 is 11.8 Å². The summed E-state index contributed by atoms with van der Waals surface area (Å²) in [5.41, 5.74) is 0.880. The molecule has 1 aromatic heterocycles. The van der Waals surface area contributed by atoms with Crippen LogP contribution in [-0.2, 0) is 7.05 Å². The highest BCUT2D eigenvalue weighted by Crippen LogP contribution is 2.30. The maximum atomic E-state index is 11.3. The molecule has 1 fully saturated rings. The molecule has 0 aliphatic heterocycles. The lowest BCUT2D eigenvalue weighted by molar-refractivity contribution is 0.0697. The lowest BCUT2D eigenvalue weighted by atomic mass is 9.83. The molecular formula is C15H25N3O2. The second-order valence-corrected chi connectivity index (χ2v) is 5.89. The van der Waals surface area contributed by atoms with Crippen molar-refractivity contribution in [3.8, 4) is 0 Å². The number of aromatic nitrogens is 2. The van der Waals surface area contributed by atoms with E-state index in [4.69, 9.17) is 0 Å². The molecule has 5 heteroatoms. The Hall–Kier alpha value is -1.52. The Bertz CT molecular complexity index is 474. The fraction of sp³-hybridized carbons (Fsp3) is 0.733. The van der Waals surface area contributed by atoms with E-state index < -0.39 is 5.97 Å². The molecule has 5 nitrogen and oxygen atoms in total. The fourth-order valence-electron chi connectivity index (χ4n) is 3.28. The number of nitrogens with zero attached hydrogens (tertiary/aromatic N) is 2. The molecule has 1 heterocycles. The van der Waals surface area contributed by atoms with Gasteiger partial charge in [0, 0.05) is 13.1 Å². The quantitative estimate of drug-likeness (QED) is 0.868. The first-order chi connectivity index (χ1) is 9.52. The summed E-state index contributed by atoms with van der Waals surface area (Å²) < 4.78 is 1.65. The van der Waals surface area contributed by atoms with Gasteiger partial charge in [0.05, 0.1) is 5.69 Å². The molecule has 0 amide bonds. The largest absolute Gasteiger partial charge is 0.477 e. The third-order valence-electron chi connectivity index (χ3n) is 4.32. The number of aryl methyl sites for hydroxylation is 2. The van der Waals surface area contributed by atoms with Gasteiger partial charge in [0.25, 0.3) is 0 Å². The van der Waals surface area contributed by atoms with Gasteiger partial charge in [-0.1, -0.05) is 19.8 Å². The number of aromatic carboxylic acids is 1. The minimum atomic E-state index is -0.905. The number of carbonyl (C=O) groups is 1. The van der Waals surface area contributed by atoms with Gasteiger partial charge in [-0.3, -0.25) is 4.68 Å². The molecule has 2 N–H and O–H groups in total. The highest BCUT2D eigenvalue weighted by molar-refractivity contribution is 5.94. The second-order valence-electron chi connectivity index (χ2n) is 5.89. The molecule has 0 bridgehead atoms. The van der Waals surface area contributed by atoms with Crippen molar-refractivity contribution in [3.63, 3.8) is 0 Å². The first kappa shape index (κ1) is 14.9. The zero-order chi connectivity index (χ0) is 14.7. The van der Waals surface area contributed by atoms with Gasteiger partial charge in [-0.05, 0) is 38.5 Å². The smallest absolute Gasteiger partial charge is 0.341 e. The van der Waals surface area contributed by atoms with E-state index in [1.807, 2.05) is 0 Å². The van der Waals surface area contributed by atoms with Gasteiger partial charge in [0.15, 0.2) is 0 Å². The monoisotopic (exact) mass is 279 g/mol. The van der Waals surface area contributed by atoms with Crippen LogP contribution in [0.15, 0.2) is 0 Å². The summed E-state index contributed by atoms with van der Waals surface area (Å²) in [4.78, 5) is 11.3. The lowest BCUT2D eigenvalue weighted by Crippen LogP contribution is -2.27. The summed E-state index contributed by atoms with van der Waals surface area (Å²) in [6.45, 7) is 3.98. The van der Waals surface area contributed by atoms with Crippen LogP contribution in [0, 0.1) is 12.8 Å². The Labute approximate surface area is 120 Å². The predicted molar refractivity (Wildman–Crippen MR) is 79.2 cm³/mol. The average molecular weight is 279 g/mol. The molecule has 0 unspecified atom stereocenters. The van der Waals surface area contributed by atoms with Gasteiger partial charge >= 0.3 is 5.97 Å². The number of nitrogens with one attached hydrogen (secondary N) is 1. The van der Waals surface area contributed by atoms with Crippen molar-refractivity contribution in [2.75, 3.05) is 5.32 Å². The van der Waals surface area contributed by atoms with Crippen molar-refractivity contribution in [2.24, 2.45) is 13.0 Å². The number of carboxylic acid groups (broad SMARTS) is 1. The summed E-state index contributed by atoms with van der Waals surface area (Å²) in [5, 5.41) is 16.9. The van der Waals surface area contributed by atoms with E-state index in [2.05, 4.69) is 17.3 Å². The topological polar surface area (TPSA) is 67.2 Å². The average Bonchev–Trinajstić information content (AvgIpc) is 2.67. The van der Waals surface area contributed by atoms with Gasteiger partial charge in [0.2, 0.25) is 0 Å². The van der Waals surface area contributed by atoms with Crippen molar-refractivity contribution in [3.05, 3.63) is 11.3 Å². The standard InChI is InChI=1S/C15H25N3O2/c1-4-5-11-6-8-12(9-7-11)16-14-13(15(19)20)10(2)17-18(14)3/h11-12,16H,4-9H2,1-3H3,(H,19,20). The van der Waals surface area contributed by atoms with E-state index in [-0.39, 0.29) is 0 Å². The van der Waals surface area contributed by atoms with Crippen LogP contribution in [0.25, 0.3) is 0 Å². The Morgan fingerprint density at radius 2 is 2.05 bits per heavy atom. The van der Waals surface area contributed by atoms with Crippen LogP contribution in [0.5, 0.6) is 0 Å². The first-order valence-corrected chi connectivity index (χ1v) is 7.56. The molecule has 2 rings (SSSR count). The van der Waals surface area contributed by atoms with Crippen LogP contribution in [0.1, 0.15) is 61.5 Å². The maximum absolute atomic E-state index is 11.3. The first-order valence-electron chi connectivity index (χ1n) is 7.56. The number of rotatable bonds is 5. The number of hydrogen-bond donors (Lipinski definition) is 2. The van der Waals surface area contributed by atoms with Gasteiger partial charge in [-0.2, -0.15) is 5.10 Å². The molecule has 0 atom stereocenters. The minimum Gasteiger partial charge on any atom is -0.477 e. The molecular weight excluding hydrogens is 254 g/mol. The van der Waals surface area contributed by atoms with Crippen LogP contribution in [0.4, 0.5) is 5.82 Å². The van der Waals surface area contributed by atoms with E-state index in [1.54, 1.807) is 18.7 Å². The zero-order valence-electron chi connectivity index (χ0n) is 12.6. The van der Waals surface area contributed by atoms with Gasteiger partial charge < -0.3 is 10.4 Å². The van der Waals surface area contributed by atoms with Crippen LogP contribution in [-0.4, -0.2) is 26.9 Å². The van der Waals surface area contributed by atoms with Crippen molar-refractivity contribution < 1.29 is 9.90 Å². The third kappa shape index (κ3) is 3.14. The second kappa shape index (κ2) is 6.29.